The molecule has 1 aromatic rings. The van der Waals surface area contributed by atoms with Crippen LogP contribution in [0.2, 0.25) is 0 Å². The van der Waals surface area contributed by atoms with E-state index in [1.54, 1.807) is 7.11 Å². The fraction of sp³-hybridized carbons (Fsp3) is 0.533. The second kappa shape index (κ2) is 9.28. The zero-order chi connectivity index (χ0) is 14.4. The molecule has 0 aromatic heterocycles. The van der Waals surface area contributed by atoms with E-state index in [0.29, 0.717) is 12.3 Å². The highest BCUT2D eigenvalue weighted by Gasteiger charge is 2.14. The molecule has 1 fully saturated rings. The summed E-state index contributed by atoms with van der Waals surface area (Å²) in [6, 6.07) is 5.71. The van der Waals surface area contributed by atoms with Crippen molar-refractivity contribution >= 4 is 34.2 Å². The number of carbonyl (C=O) groups excluding carboxylic acids is 1. The van der Waals surface area contributed by atoms with E-state index in [2.05, 4.69) is 26.6 Å². The van der Waals surface area contributed by atoms with Gasteiger partial charge in [-0.3, -0.25) is 4.79 Å². The average molecular weight is 378 g/mol. The molecule has 0 bridgehead atoms. The standard InChI is InChI=1S/C15H21BrN2O2.ClH/c1-20-14-3-2-13(16)8-12(14)9-15(19)18-7-5-11-4-6-17-10-11;/h2-3,8,11,17H,4-7,9-10H2,1H3,(H,18,19);1H. The van der Waals surface area contributed by atoms with Gasteiger partial charge < -0.3 is 15.4 Å². The Morgan fingerprint density at radius 2 is 2.33 bits per heavy atom. The quantitative estimate of drug-likeness (QED) is 0.801. The summed E-state index contributed by atoms with van der Waals surface area (Å²) in [7, 11) is 1.62. The molecule has 1 aliphatic rings. The lowest BCUT2D eigenvalue weighted by atomic mass is 10.1. The molecular formula is C15H22BrClN2O2. The number of rotatable bonds is 6. The third kappa shape index (κ3) is 5.85. The molecule has 1 saturated heterocycles. The van der Waals surface area contributed by atoms with Gasteiger partial charge in [0, 0.05) is 16.6 Å². The van der Waals surface area contributed by atoms with Gasteiger partial charge in [0.2, 0.25) is 5.91 Å². The van der Waals surface area contributed by atoms with E-state index < -0.39 is 0 Å². The third-order valence-corrected chi connectivity index (χ3v) is 4.12. The van der Waals surface area contributed by atoms with Gasteiger partial charge in [-0.2, -0.15) is 0 Å². The van der Waals surface area contributed by atoms with Gasteiger partial charge in [-0.15, -0.1) is 12.4 Å². The highest BCUT2D eigenvalue weighted by Crippen LogP contribution is 2.23. The Hall–Kier alpha value is -0.780. The first-order chi connectivity index (χ1) is 9.69. The fourth-order valence-corrected chi connectivity index (χ4v) is 2.91. The van der Waals surface area contributed by atoms with Crippen LogP contribution in [-0.4, -0.2) is 32.7 Å². The summed E-state index contributed by atoms with van der Waals surface area (Å²) in [5.74, 6) is 1.51. The number of nitrogens with one attached hydrogen (secondary N) is 2. The molecule has 6 heteroatoms. The highest BCUT2D eigenvalue weighted by molar-refractivity contribution is 9.10. The van der Waals surface area contributed by atoms with Crippen LogP contribution >= 0.6 is 28.3 Å². The monoisotopic (exact) mass is 376 g/mol. The van der Waals surface area contributed by atoms with E-state index in [0.717, 1.165) is 41.8 Å². The van der Waals surface area contributed by atoms with Crippen LogP contribution < -0.4 is 15.4 Å². The van der Waals surface area contributed by atoms with E-state index in [1.165, 1.54) is 6.42 Å². The first kappa shape index (κ1) is 18.3. The Labute approximate surface area is 140 Å². The zero-order valence-electron chi connectivity index (χ0n) is 12.2. The zero-order valence-corrected chi connectivity index (χ0v) is 14.6. The predicted octanol–water partition coefficient (Wildman–Crippen LogP) is 2.54. The fourth-order valence-electron chi connectivity index (χ4n) is 2.50. The van der Waals surface area contributed by atoms with Crippen molar-refractivity contribution < 1.29 is 9.53 Å². The summed E-state index contributed by atoms with van der Waals surface area (Å²) in [5.41, 5.74) is 0.905. The second-order valence-electron chi connectivity index (χ2n) is 5.13. The van der Waals surface area contributed by atoms with Crippen molar-refractivity contribution in [3.05, 3.63) is 28.2 Å². The minimum atomic E-state index is 0. The average Bonchev–Trinajstić information content (AvgIpc) is 2.92. The first-order valence-corrected chi connectivity index (χ1v) is 7.78. The van der Waals surface area contributed by atoms with Crippen LogP contribution in [0.4, 0.5) is 0 Å². The molecule has 2 N–H and O–H groups in total. The predicted molar refractivity (Wildman–Crippen MR) is 90.2 cm³/mol. The summed E-state index contributed by atoms with van der Waals surface area (Å²) in [4.78, 5) is 12.0. The maximum absolute atomic E-state index is 12.0. The number of methoxy groups -OCH3 is 1. The molecule has 0 saturated carbocycles. The second-order valence-corrected chi connectivity index (χ2v) is 6.05. The van der Waals surface area contributed by atoms with Crippen LogP contribution in [0, 0.1) is 5.92 Å². The Kier molecular flexibility index (Phi) is 8.07. The largest absolute Gasteiger partial charge is 0.496 e. The SMILES string of the molecule is COc1ccc(Br)cc1CC(=O)NCCC1CCNC1.Cl. The Balaban J connectivity index is 0.00000220. The molecule has 1 amide bonds. The van der Waals surface area contributed by atoms with Gasteiger partial charge in [-0.1, -0.05) is 15.9 Å². The van der Waals surface area contributed by atoms with Crippen molar-refractivity contribution in [3.8, 4) is 5.75 Å². The molecule has 0 radical (unpaired) electrons. The van der Waals surface area contributed by atoms with Gasteiger partial charge in [0.25, 0.3) is 0 Å². The molecule has 1 aliphatic heterocycles. The number of carbonyl (C=O) groups is 1. The lowest BCUT2D eigenvalue weighted by Crippen LogP contribution is -2.28. The summed E-state index contributed by atoms with van der Waals surface area (Å²) in [6.45, 7) is 2.94. The number of hydrogen-bond acceptors (Lipinski definition) is 3. The van der Waals surface area contributed by atoms with Crippen LogP contribution in [0.1, 0.15) is 18.4 Å². The van der Waals surface area contributed by atoms with Crippen LogP contribution in [0.3, 0.4) is 0 Å². The normalized spacial score (nSPS) is 17.1. The summed E-state index contributed by atoms with van der Waals surface area (Å²) in [5, 5.41) is 6.33. The van der Waals surface area contributed by atoms with Gasteiger partial charge in [0.15, 0.2) is 0 Å². The minimum absolute atomic E-state index is 0. The van der Waals surface area contributed by atoms with Crippen LogP contribution in [0.15, 0.2) is 22.7 Å². The number of halogens is 2. The maximum atomic E-state index is 12.0. The summed E-state index contributed by atoms with van der Waals surface area (Å²) in [6.07, 6.45) is 2.62. The summed E-state index contributed by atoms with van der Waals surface area (Å²) < 4.78 is 6.23. The van der Waals surface area contributed by atoms with E-state index in [9.17, 15) is 4.79 Å². The first-order valence-electron chi connectivity index (χ1n) is 6.99. The van der Waals surface area contributed by atoms with Crippen molar-refractivity contribution in [1.82, 2.24) is 10.6 Å². The molecule has 0 aliphatic carbocycles. The molecule has 1 unspecified atom stereocenters. The Morgan fingerprint density at radius 3 is 3.00 bits per heavy atom. The molecule has 118 valence electrons. The van der Waals surface area contributed by atoms with E-state index in [4.69, 9.17) is 4.74 Å². The maximum Gasteiger partial charge on any atom is 0.224 e. The van der Waals surface area contributed by atoms with E-state index in [-0.39, 0.29) is 18.3 Å². The van der Waals surface area contributed by atoms with Crippen molar-refractivity contribution in [3.63, 3.8) is 0 Å². The van der Waals surface area contributed by atoms with Gasteiger partial charge in [0.1, 0.15) is 5.75 Å². The number of amides is 1. The van der Waals surface area contributed by atoms with Crippen molar-refractivity contribution in [2.75, 3.05) is 26.7 Å². The van der Waals surface area contributed by atoms with Gasteiger partial charge >= 0.3 is 0 Å². The van der Waals surface area contributed by atoms with Gasteiger partial charge in [-0.05, 0) is 50.0 Å². The minimum Gasteiger partial charge on any atom is -0.496 e. The van der Waals surface area contributed by atoms with Gasteiger partial charge in [0.05, 0.1) is 13.5 Å². The van der Waals surface area contributed by atoms with Crippen molar-refractivity contribution in [2.45, 2.75) is 19.3 Å². The van der Waals surface area contributed by atoms with Crippen molar-refractivity contribution in [2.24, 2.45) is 5.92 Å². The molecule has 21 heavy (non-hydrogen) atoms. The Bertz CT molecular complexity index is 465. The number of hydrogen-bond donors (Lipinski definition) is 2. The van der Waals surface area contributed by atoms with E-state index in [1.807, 2.05) is 18.2 Å². The molecule has 0 spiro atoms. The molecule has 1 aromatic carbocycles. The van der Waals surface area contributed by atoms with Crippen LogP contribution in [-0.2, 0) is 11.2 Å². The highest BCUT2D eigenvalue weighted by atomic mass is 79.9. The lowest BCUT2D eigenvalue weighted by Gasteiger charge is -2.11. The van der Waals surface area contributed by atoms with Gasteiger partial charge in [-0.25, -0.2) is 0 Å². The number of ether oxygens (including phenoxy) is 1. The van der Waals surface area contributed by atoms with E-state index >= 15 is 0 Å². The molecular weight excluding hydrogens is 356 g/mol. The van der Waals surface area contributed by atoms with Crippen LogP contribution in [0.25, 0.3) is 0 Å². The lowest BCUT2D eigenvalue weighted by molar-refractivity contribution is -0.120. The molecule has 1 atom stereocenters. The molecule has 1 heterocycles. The molecule has 4 nitrogen and oxygen atoms in total. The Morgan fingerprint density at radius 1 is 1.52 bits per heavy atom. The number of benzene rings is 1. The molecule has 2 rings (SSSR count). The summed E-state index contributed by atoms with van der Waals surface area (Å²) >= 11 is 3.42. The topological polar surface area (TPSA) is 50.4 Å². The van der Waals surface area contributed by atoms with Crippen LogP contribution in [0.5, 0.6) is 5.75 Å². The smallest absolute Gasteiger partial charge is 0.224 e. The third-order valence-electron chi connectivity index (χ3n) is 3.63. The van der Waals surface area contributed by atoms with Crippen molar-refractivity contribution in [1.29, 1.82) is 0 Å².